The third-order valence-electron chi connectivity index (χ3n) is 6.52. The summed E-state index contributed by atoms with van der Waals surface area (Å²) in [7, 11) is 9.55. The number of methoxy groups -OCH3 is 6. The number of ether oxygens (including phenoxy) is 6. The van der Waals surface area contributed by atoms with E-state index in [4.69, 9.17) is 51.6 Å². The van der Waals surface area contributed by atoms with Gasteiger partial charge in [0.2, 0.25) is 11.5 Å². The van der Waals surface area contributed by atoms with E-state index in [1.54, 1.807) is 65.3 Å². The van der Waals surface area contributed by atoms with Gasteiger partial charge in [0.05, 0.1) is 63.1 Å². The normalized spacial score (nSPS) is 10.7. The largest absolute Gasteiger partial charge is 0.493 e. The topological polar surface area (TPSA) is 81.2 Å². The molecule has 0 aliphatic rings. The second-order valence-corrected chi connectivity index (χ2v) is 12.0. The number of fused-ring (bicyclic) bond motifs is 2. The molecule has 0 aliphatic carbocycles. The van der Waals surface area contributed by atoms with Crippen LogP contribution >= 0.6 is 45.9 Å². The molecule has 0 N–H and O–H groups in total. The first-order valence-electron chi connectivity index (χ1n) is 13.0. The van der Waals surface area contributed by atoms with E-state index in [2.05, 4.69) is 9.97 Å². The summed E-state index contributed by atoms with van der Waals surface area (Å²) >= 11 is 15.2. The Balaban J connectivity index is 0.000000175. The Morgan fingerprint density at radius 3 is 1.11 bits per heavy atom. The molecule has 0 fully saturated rings. The molecule has 0 saturated carbocycles. The van der Waals surface area contributed by atoms with E-state index >= 15 is 0 Å². The summed E-state index contributed by atoms with van der Waals surface area (Å²) in [6.45, 7) is 0. The molecule has 4 aromatic carbocycles. The van der Waals surface area contributed by atoms with Gasteiger partial charge in [0.1, 0.15) is 10.0 Å². The van der Waals surface area contributed by atoms with Crippen LogP contribution in [0.5, 0.6) is 34.5 Å². The zero-order chi connectivity index (χ0) is 31.4. The summed E-state index contributed by atoms with van der Waals surface area (Å²) in [4.78, 5) is 9.26. The molecule has 0 saturated heterocycles. The smallest absolute Gasteiger partial charge is 0.203 e. The van der Waals surface area contributed by atoms with Crippen molar-refractivity contribution in [3.8, 4) is 55.6 Å². The second-order valence-electron chi connectivity index (χ2n) is 9.09. The van der Waals surface area contributed by atoms with Gasteiger partial charge in [-0.2, -0.15) is 0 Å². The van der Waals surface area contributed by atoms with Crippen molar-refractivity contribution >= 4 is 66.3 Å². The van der Waals surface area contributed by atoms with Crippen LogP contribution in [0.1, 0.15) is 0 Å². The van der Waals surface area contributed by atoms with Crippen LogP contribution in [0, 0.1) is 0 Å². The quantitative estimate of drug-likeness (QED) is 0.158. The summed E-state index contributed by atoms with van der Waals surface area (Å²) in [5.74, 6) is 3.56. The molecule has 0 unspecified atom stereocenters. The molecule has 44 heavy (non-hydrogen) atoms. The highest BCUT2D eigenvalue weighted by atomic mass is 35.5. The molecule has 8 nitrogen and oxygen atoms in total. The zero-order valence-corrected chi connectivity index (χ0v) is 27.8. The van der Waals surface area contributed by atoms with Crippen molar-refractivity contribution in [3.05, 3.63) is 70.7 Å². The van der Waals surface area contributed by atoms with Gasteiger partial charge < -0.3 is 28.4 Å². The lowest BCUT2D eigenvalue weighted by Crippen LogP contribution is -1.95. The highest BCUT2D eigenvalue weighted by Gasteiger charge is 2.18. The Hall–Kier alpha value is -3.96. The minimum atomic E-state index is 0.568. The van der Waals surface area contributed by atoms with E-state index in [1.165, 1.54) is 0 Å². The maximum atomic E-state index is 6.02. The summed E-state index contributed by atoms with van der Waals surface area (Å²) < 4.78 is 34.4. The van der Waals surface area contributed by atoms with Crippen LogP contribution in [0.15, 0.2) is 60.7 Å². The van der Waals surface area contributed by atoms with Gasteiger partial charge in [-0.1, -0.05) is 23.2 Å². The third-order valence-corrected chi connectivity index (χ3v) is 9.16. The molecule has 12 heteroatoms. The Morgan fingerprint density at radius 2 is 0.818 bits per heavy atom. The average Bonchev–Trinajstić information content (AvgIpc) is 3.67. The van der Waals surface area contributed by atoms with Gasteiger partial charge in [0.15, 0.2) is 23.0 Å². The zero-order valence-electron chi connectivity index (χ0n) is 24.7. The Kier molecular flexibility index (Phi) is 9.85. The molecule has 228 valence electrons. The van der Waals surface area contributed by atoms with Crippen LogP contribution < -0.4 is 28.4 Å². The lowest BCUT2D eigenvalue weighted by atomic mass is 10.2. The molecule has 6 rings (SSSR count). The minimum absolute atomic E-state index is 0.568. The minimum Gasteiger partial charge on any atom is -0.493 e. The lowest BCUT2D eigenvalue weighted by molar-refractivity contribution is 0.324. The molecular formula is C32H28Cl2N2O6S2. The van der Waals surface area contributed by atoms with Gasteiger partial charge >= 0.3 is 0 Å². The van der Waals surface area contributed by atoms with Crippen LogP contribution in [-0.2, 0) is 0 Å². The fourth-order valence-electron chi connectivity index (χ4n) is 4.46. The average molecular weight is 672 g/mol. The fourth-order valence-corrected chi connectivity index (χ4v) is 6.66. The van der Waals surface area contributed by atoms with Crippen molar-refractivity contribution in [3.63, 3.8) is 0 Å². The number of thiazole rings is 2. The van der Waals surface area contributed by atoms with E-state index in [1.807, 2.05) is 60.7 Å². The molecule has 0 bridgehead atoms. The van der Waals surface area contributed by atoms with Gasteiger partial charge in [-0.3, -0.25) is 0 Å². The predicted molar refractivity (Wildman–Crippen MR) is 179 cm³/mol. The van der Waals surface area contributed by atoms with Crippen LogP contribution in [0.3, 0.4) is 0 Å². The molecule has 2 aromatic heterocycles. The molecule has 0 aliphatic heterocycles. The fraction of sp³-hybridized carbons (Fsp3) is 0.188. The highest BCUT2D eigenvalue weighted by molar-refractivity contribution is 7.22. The molecule has 0 spiro atoms. The van der Waals surface area contributed by atoms with Crippen LogP contribution in [0.2, 0.25) is 10.0 Å². The molecule has 0 amide bonds. The number of benzene rings is 4. The third kappa shape index (κ3) is 6.44. The van der Waals surface area contributed by atoms with E-state index in [0.717, 1.165) is 41.6 Å². The first-order chi connectivity index (χ1) is 21.3. The maximum Gasteiger partial charge on any atom is 0.203 e. The van der Waals surface area contributed by atoms with Gasteiger partial charge in [-0.15, -0.1) is 22.7 Å². The number of hydrogen-bond donors (Lipinski definition) is 0. The van der Waals surface area contributed by atoms with Crippen LogP contribution in [-0.4, -0.2) is 52.6 Å². The van der Waals surface area contributed by atoms with Gasteiger partial charge in [-0.05, 0) is 60.7 Å². The van der Waals surface area contributed by atoms with E-state index in [0.29, 0.717) is 44.5 Å². The molecule has 0 radical (unpaired) electrons. The van der Waals surface area contributed by atoms with Crippen molar-refractivity contribution in [2.24, 2.45) is 0 Å². The second kappa shape index (κ2) is 13.8. The number of hydrogen-bond acceptors (Lipinski definition) is 10. The van der Waals surface area contributed by atoms with Crippen molar-refractivity contribution in [1.82, 2.24) is 9.97 Å². The van der Waals surface area contributed by atoms with E-state index in [9.17, 15) is 0 Å². The number of halogens is 2. The van der Waals surface area contributed by atoms with Gasteiger partial charge in [-0.25, -0.2) is 9.97 Å². The Morgan fingerprint density at radius 1 is 0.477 bits per heavy atom. The summed E-state index contributed by atoms with van der Waals surface area (Å²) in [6.07, 6.45) is 0. The van der Waals surface area contributed by atoms with Crippen LogP contribution in [0.25, 0.3) is 41.6 Å². The van der Waals surface area contributed by atoms with Crippen molar-refractivity contribution < 1.29 is 28.4 Å². The molecule has 0 atom stereocenters. The first kappa shape index (κ1) is 31.5. The highest BCUT2D eigenvalue weighted by Crippen LogP contribution is 2.44. The number of rotatable bonds is 8. The van der Waals surface area contributed by atoms with Crippen molar-refractivity contribution in [2.45, 2.75) is 0 Å². The number of nitrogens with zero attached hydrogens (tertiary/aromatic N) is 2. The summed E-state index contributed by atoms with van der Waals surface area (Å²) in [6, 6.07) is 18.9. The van der Waals surface area contributed by atoms with Crippen molar-refractivity contribution in [2.75, 3.05) is 42.7 Å². The molecule has 6 aromatic rings. The van der Waals surface area contributed by atoms with Gasteiger partial charge in [0, 0.05) is 21.2 Å². The first-order valence-corrected chi connectivity index (χ1v) is 15.4. The Labute approximate surface area is 272 Å². The number of aromatic nitrogens is 2. The summed E-state index contributed by atoms with van der Waals surface area (Å²) in [5.41, 5.74) is 3.57. The predicted octanol–water partition coefficient (Wildman–Crippen LogP) is 9.28. The van der Waals surface area contributed by atoms with E-state index in [-0.39, 0.29) is 0 Å². The van der Waals surface area contributed by atoms with Crippen LogP contribution in [0.4, 0.5) is 0 Å². The van der Waals surface area contributed by atoms with Crippen molar-refractivity contribution in [1.29, 1.82) is 0 Å². The van der Waals surface area contributed by atoms with E-state index < -0.39 is 0 Å². The molecular weight excluding hydrogens is 643 g/mol. The summed E-state index contributed by atoms with van der Waals surface area (Å²) in [5, 5.41) is 3.09. The molecule has 2 heterocycles. The monoisotopic (exact) mass is 670 g/mol. The Bertz CT molecular complexity index is 1750. The SMILES string of the molecule is COc1cc(-c2nc3cc(Cl)ccc3s2)cc(OC)c1OC.COc1cc(-c2nc3cc(Cl)ccc3s2)cc(OC)c1OC. The maximum absolute atomic E-state index is 6.02. The van der Waals surface area contributed by atoms with Gasteiger partial charge in [0.25, 0.3) is 0 Å². The standard InChI is InChI=1S/2C16H14ClNO3S/c2*1-19-12-6-9(7-13(20-2)15(12)21-3)16-18-11-8-10(17)4-5-14(11)22-16/h2*4-8H,1-3H3. The lowest BCUT2D eigenvalue weighted by Gasteiger charge is -2.13.